The second-order valence-corrected chi connectivity index (χ2v) is 10.7. The number of aromatic nitrogens is 1. The average Bonchev–Trinajstić information content (AvgIpc) is 3.26. The molecule has 2 heterocycles. The topological polar surface area (TPSA) is 128 Å². The van der Waals surface area contributed by atoms with Crippen molar-refractivity contribution in [3.63, 3.8) is 0 Å². The number of nitrogen functional groups attached to an aromatic ring is 1. The Morgan fingerprint density at radius 2 is 1.77 bits per heavy atom. The van der Waals surface area contributed by atoms with Gasteiger partial charge in [0.05, 0.1) is 16.9 Å². The van der Waals surface area contributed by atoms with Gasteiger partial charge in [0.2, 0.25) is 0 Å². The van der Waals surface area contributed by atoms with Gasteiger partial charge in [-0.2, -0.15) is 0 Å². The summed E-state index contributed by atoms with van der Waals surface area (Å²) in [4.78, 5) is 14.4. The maximum Gasteiger partial charge on any atom is 0.336 e. The molecule has 5 rings (SSSR count). The Kier molecular flexibility index (Phi) is 7.04. The first kappa shape index (κ1) is 26.3. The molecule has 39 heavy (non-hydrogen) atoms. The largest absolute Gasteiger partial charge is 0.490 e. The van der Waals surface area contributed by atoms with Crippen molar-refractivity contribution in [2.45, 2.75) is 52.2 Å². The fourth-order valence-corrected chi connectivity index (χ4v) is 5.50. The highest BCUT2D eigenvalue weighted by Gasteiger charge is 2.23. The molecule has 202 valence electrons. The molecule has 0 bridgehead atoms. The molecule has 1 aromatic heterocycles. The number of hydrogen-bond donors (Lipinski definition) is 4. The molecule has 0 saturated carbocycles. The maximum absolute atomic E-state index is 12.3. The summed E-state index contributed by atoms with van der Waals surface area (Å²) in [5.74, 6) is 0.363. The Morgan fingerprint density at radius 3 is 2.41 bits per heavy atom. The number of benzene rings is 3. The van der Waals surface area contributed by atoms with Crippen molar-refractivity contribution in [2.24, 2.45) is 5.73 Å². The Labute approximate surface area is 228 Å². The van der Waals surface area contributed by atoms with Crippen molar-refractivity contribution < 1.29 is 14.6 Å². The predicted octanol–water partition coefficient (Wildman–Crippen LogP) is 5.79. The first-order chi connectivity index (χ1) is 18.6. The van der Waals surface area contributed by atoms with E-state index in [2.05, 4.69) is 36.6 Å². The summed E-state index contributed by atoms with van der Waals surface area (Å²) in [7, 11) is 0. The van der Waals surface area contributed by atoms with Crippen molar-refractivity contribution in [3.8, 4) is 5.75 Å². The molecule has 1 saturated heterocycles. The van der Waals surface area contributed by atoms with Gasteiger partial charge >= 0.3 is 5.97 Å². The number of carboxylic acid groups (broad SMARTS) is 1. The molecule has 0 radical (unpaired) electrons. The third-order valence-electron chi connectivity index (χ3n) is 7.62. The molecule has 4 aromatic rings. The van der Waals surface area contributed by atoms with Crippen molar-refractivity contribution in [2.75, 3.05) is 13.1 Å². The molecule has 3 aromatic carbocycles. The molecule has 8 heteroatoms. The van der Waals surface area contributed by atoms with Crippen molar-refractivity contribution in [3.05, 3.63) is 77.0 Å². The van der Waals surface area contributed by atoms with Crippen LogP contribution in [0.3, 0.4) is 0 Å². The lowest BCUT2D eigenvalue weighted by Gasteiger charge is -2.32. The minimum absolute atomic E-state index is 0.0244. The average molecular weight is 526 g/mol. The molecule has 1 aliphatic rings. The summed E-state index contributed by atoms with van der Waals surface area (Å²) < 4.78 is 8.54. The number of nitrogens with two attached hydrogens (primary N) is 1. The van der Waals surface area contributed by atoms with Crippen LogP contribution in [0.15, 0.2) is 54.6 Å². The summed E-state index contributed by atoms with van der Waals surface area (Å²) in [5, 5.41) is 28.5. The number of piperidine rings is 1. The normalized spacial score (nSPS) is 14.3. The smallest absolute Gasteiger partial charge is 0.336 e. The highest BCUT2D eigenvalue weighted by Crippen LogP contribution is 2.34. The number of amidine groups is 2. The number of ether oxygens (including phenoxy) is 1. The first-order valence-corrected chi connectivity index (χ1v) is 13.3. The lowest BCUT2D eigenvalue weighted by atomic mass is 10.0. The summed E-state index contributed by atoms with van der Waals surface area (Å²) in [6.07, 6.45) is 1.55. The lowest BCUT2D eigenvalue weighted by molar-refractivity contribution is 0.0697. The van der Waals surface area contributed by atoms with Gasteiger partial charge in [-0.25, -0.2) is 4.79 Å². The van der Waals surface area contributed by atoms with Gasteiger partial charge < -0.3 is 25.0 Å². The maximum atomic E-state index is 12.3. The molecule has 0 spiro atoms. The standard InChI is InChI=1S/C31H35N5O3/c1-18(2)28-16-26-27(31(37)38)14-25(39-24-8-10-35(11-9-24)19(3)32)15-29(26)36(28)17-20-4-5-21-6-7-22(30(33)34)13-23(21)12-20/h4-7,12-16,18,24,32H,8-11,17H2,1-3H3,(H3,33,34)(H,37,38). The van der Waals surface area contributed by atoms with Gasteiger partial charge in [-0.15, -0.1) is 0 Å². The second kappa shape index (κ2) is 10.4. The van der Waals surface area contributed by atoms with E-state index in [0.717, 1.165) is 53.5 Å². The van der Waals surface area contributed by atoms with E-state index < -0.39 is 5.97 Å². The van der Waals surface area contributed by atoms with Crippen LogP contribution < -0.4 is 10.5 Å². The predicted molar refractivity (Wildman–Crippen MR) is 156 cm³/mol. The molecular weight excluding hydrogens is 490 g/mol. The second-order valence-electron chi connectivity index (χ2n) is 10.7. The Bertz CT molecular complexity index is 1600. The molecular formula is C31H35N5O3. The van der Waals surface area contributed by atoms with E-state index in [1.54, 1.807) is 13.0 Å². The summed E-state index contributed by atoms with van der Waals surface area (Å²) in [6.45, 7) is 8.11. The van der Waals surface area contributed by atoms with Crippen molar-refractivity contribution in [1.29, 1.82) is 10.8 Å². The number of likely N-dealkylation sites (tertiary alicyclic amines) is 1. The number of nitrogens with one attached hydrogen (secondary N) is 2. The van der Waals surface area contributed by atoms with E-state index in [1.807, 2.05) is 35.2 Å². The highest BCUT2D eigenvalue weighted by atomic mass is 16.5. The summed E-state index contributed by atoms with van der Waals surface area (Å²) in [6, 6.07) is 17.6. The molecule has 0 atom stereocenters. The van der Waals surface area contributed by atoms with Crippen LogP contribution in [0, 0.1) is 10.8 Å². The van der Waals surface area contributed by atoms with Crippen LogP contribution in [0.2, 0.25) is 0 Å². The van der Waals surface area contributed by atoms with E-state index in [0.29, 0.717) is 29.1 Å². The van der Waals surface area contributed by atoms with Crippen molar-refractivity contribution >= 4 is 39.3 Å². The van der Waals surface area contributed by atoms with Gasteiger partial charge in [-0.3, -0.25) is 10.8 Å². The van der Waals surface area contributed by atoms with E-state index >= 15 is 0 Å². The number of rotatable bonds is 7. The number of carboxylic acids is 1. The van der Waals surface area contributed by atoms with Crippen LogP contribution in [0.5, 0.6) is 5.75 Å². The van der Waals surface area contributed by atoms with Gasteiger partial charge in [0.15, 0.2) is 0 Å². The number of aromatic carboxylic acids is 1. The molecule has 5 N–H and O–H groups in total. The highest BCUT2D eigenvalue weighted by molar-refractivity contribution is 6.04. The third-order valence-corrected chi connectivity index (χ3v) is 7.62. The Hall–Kier alpha value is -4.33. The minimum Gasteiger partial charge on any atom is -0.490 e. The van der Waals surface area contributed by atoms with Crippen LogP contribution in [-0.4, -0.2) is 51.4 Å². The third kappa shape index (κ3) is 5.32. The Balaban J connectivity index is 1.54. The molecule has 8 nitrogen and oxygen atoms in total. The Morgan fingerprint density at radius 1 is 1.05 bits per heavy atom. The van der Waals surface area contributed by atoms with Crippen LogP contribution >= 0.6 is 0 Å². The van der Waals surface area contributed by atoms with Gasteiger partial charge in [-0.1, -0.05) is 38.1 Å². The van der Waals surface area contributed by atoms with Gasteiger partial charge in [0, 0.05) is 55.2 Å². The van der Waals surface area contributed by atoms with Crippen LogP contribution in [0.4, 0.5) is 0 Å². The fourth-order valence-electron chi connectivity index (χ4n) is 5.50. The van der Waals surface area contributed by atoms with E-state index in [-0.39, 0.29) is 23.4 Å². The molecule has 0 amide bonds. The van der Waals surface area contributed by atoms with Gasteiger partial charge in [0.25, 0.3) is 0 Å². The van der Waals surface area contributed by atoms with E-state index in [9.17, 15) is 9.90 Å². The summed E-state index contributed by atoms with van der Waals surface area (Å²) in [5.41, 5.74) is 9.59. The lowest BCUT2D eigenvalue weighted by Crippen LogP contribution is -2.40. The quantitative estimate of drug-likeness (QED) is 0.179. The van der Waals surface area contributed by atoms with Gasteiger partial charge in [-0.05, 0) is 53.4 Å². The number of nitrogens with zero attached hydrogens (tertiary/aromatic N) is 2. The molecule has 1 fully saturated rings. The van der Waals surface area contributed by atoms with E-state index in [4.69, 9.17) is 21.3 Å². The fraction of sp³-hybridized carbons (Fsp3) is 0.323. The number of fused-ring (bicyclic) bond motifs is 2. The number of hydrogen-bond acceptors (Lipinski definition) is 4. The van der Waals surface area contributed by atoms with Crippen LogP contribution in [0.25, 0.3) is 21.7 Å². The summed E-state index contributed by atoms with van der Waals surface area (Å²) >= 11 is 0. The zero-order valence-corrected chi connectivity index (χ0v) is 22.6. The minimum atomic E-state index is -0.977. The van der Waals surface area contributed by atoms with Crippen LogP contribution in [-0.2, 0) is 6.54 Å². The SMILES string of the molecule is CC(=N)N1CCC(Oc2cc(C(=O)O)c3cc(C(C)C)n(Cc4ccc5ccc(C(=N)N)cc5c4)c3c2)CC1. The zero-order chi connectivity index (χ0) is 27.8. The van der Waals surface area contributed by atoms with Crippen molar-refractivity contribution in [1.82, 2.24) is 9.47 Å². The monoisotopic (exact) mass is 525 g/mol. The van der Waals surface area contributed by atoms with E-state index in [1.165, 1.54) is 0 Å². The number of carbonyl (C=O) groups is 1. The molecule has 0 aliphatic carbocycles. The zero-order valence-electron chi connectivity index (χ0n) is 22.6. The molecule has 0 unspecified atom stereocenters. The van der Waals surface area contributed by atoms with Gasteiger partial charge in [0.1, 0.15) is 17.7 Å². The first-order valence-electron chi connectivity index (χ1n) is 13.3. The molecule has 1 aliphatic heterocycles. The van der Waals surface area contributed by atoms with Crippen LogP contribution in [0.1, 0.15) is 66.7 Å².